The topological polar surface area (TPSA) is 122 Å². The van der Waals surface area contributed by atoms with Gasteiger partial charge in [0.15, 0.2) is 5.76 Å². The number of carbonyl (C=O) groups is 3. The van der Waals surface area contributed by atoms with Gasteiger partial charge in [-0.25, -0.2) is 4.79 Å². The third kappa shape index (κ3) is 5.15. The van der Waals surface area contributed by atoms with Crippen LogP contribution in [0.2, 0.25) is 0 Å². The second-order valence-corrected chi connectivity index (χ2v) is 7.58. The number of furan rings is 1. The van der Waals surface area contributed by atoms with E-state index in [0.29, 0.717) is 42.9 Å². The number of piperidine rings is 1. The Hall–Kier alpha value is -4.08. The molecule has 0 bridgehead atoms. The number of nitrogens with zero attached hydrogens (tertiary/aromatic N) is 3. The SMILES string of the molecule is Cn1cc(C(=O)NC2CCN(C(=O)Nc3ccc(NC(=O)c4ccco4)cc3)CC2)cn1. The molecular formula is C22H24N6O4. The first kappa shape index (κ1) is 21.2. The highest BCUT2D eigenvalue weighted by molar-refractivity contribution is 6.02. The summed E-state index contributed by atoms with van der Waals surface area (Å²) in [6.45, 7) is 1.09. The van der Waals surface area contributed by atoms with E-state index in [2.05, 4.69) is 21.0 Å². The van der Waals surface area contributed by atoms with E-state index in [1.807, 2.05) is 0 Å². The van der Waals surface area contributed by atoms with Gasteiger partial charge < -0.3 is 25.3 Å². The van der Waals surface area contributed by atoms with Crippen LogP contribution in [-0.2, 0) is 7.05 Å². The molecule has 0 atom stereocenters. The minimum Gasteiger partial charge on any atom is -0.459 e. The van der Waals surface area contributed by atoms with Crippen molar-refractivity contribution in [3.05, 3.63) is 66.4 Å². The molecule has 166 valence electrons. The monoisotopic (exact) mass is 436 g/mol. The highest BCUT2D eigenvalue weighted by atomic mass is 16.3. The first-order valence-corrected chi connectivity index (χ1v) is 10.3. The molecule has 3 heterocycles. The van der Waals surface area contributed by atoms with Crippen LogP contribution in [0, 0.1) is 0 Å². The molecule has 1 aliphatic rings. The van der Waals surface area contributed by atoms with E-state index in [-0.39, 0.29) is 29.6 Å². The number of carbonyl (C=O) groups excluding carboxylic acids is 3. The van der Waals surface area contributed by atoms with Crippen LogP contribution in [-0.4, -0.2) is 51.7 Å². The molecule has 0 aliphatic carbocycles. The number of anilines is 2. The molecule has 3 N–H and O–H groups in total. The Kier molecular flexibility index (Phi) is 6.20. The van der Waals surface area contributed by atoms with E-state index in [1.165, 1.54) is 12.5 Å². The van der Waals surface area contributed by atoms with Gasteiger partial charge in [0, 0.05) is 43.8 Å². The number of amides is 4. The van der Waals surface area contributed by atoms with Crippen molar-refractivity contribution in [2.24, 2.45) is 7.05 Å². The zero-order valence-corrected chi connectivity index (χ0v) is 17.6. The van der Waals surface area contributed by atoms with E-state index in [0.717, 1.165) is 0 Å². The summed E-state index contributed by atoms with van der Waals surface area (Å²) in [6, 6.07) is 9.89. The summed E-state index contributed by atoms with van der Waals surface area (Å²) in [5.41, 5.74) is 1.74. The zero-order valence-electron chi connectivity index (χ0n) is 17.6. The molecule has 0 radical (unpaired) electrons. The summed E-state index contributed by atoms with van der Waals surface area (Å²) in [4.78, 5) is 38.6. The van der Waals surface area contributed by atoms with Crippen molar-refractivity contribution in [1.82, 2.24) is 20.0 Å². The molecule has 0 spiro atoms. The number of hydrogen-bond acceptors (Lipinski definition) is 5. The van der Waals surface area contributed by atoms with Crippen LogP contribution in [0.5, 0.6) is 0 Å². The Labute approximate surface area is 184 Å². The number of hydrogen-bond donors (Lipinski definition) is 3. The lowest BCUT2D eigenvalue weighted by atomic mass is 10.0. The lowest BCUT2D eigenvalue weighted by Crippen LogP contribution is -2.47. The average molecular weight is 436 g/mol. The number of likely N-dealkylation sites (tertiary alicyclic amines) is 1. The quantitative estimate of drug-likeness (QED) is 0.568. The lowest BCUT2D eigenvalue weighted by molar-refractivity contribution is 0.0918. The van der Waals surface area contributed by atoms with Crippen molar-refractivity contribution >= 4 is 29.2 Å². The van der Waals surface area contributed by atoms with Crippen molar-refractivity contribution in [3.63, 3.8) is 0 Å². The molecule has 0 saturated carbocycles. The number of aromatic nitrogens is 2. The largest absolute Gasteiger partial charge is 0.459 e. The maximum Gasteiger partial charge on any atom is 0.321 e. The molecule has 1 saturated heterocycles. The summed E-state index contributed by atoms with van der Waals surface area (Å²) >= 11 is 0. The molecule has 3 aromatic rings. The molecule has 1 aromatic carbocycles. The molecule has 1 fully saturated rings. The molecule has 10 nitrogen and oxygen atoms in total. The number of rotatable bonds is 5. The van der Waals surface area contributed by atoms with Gasteiger partial charge in [-0.05, 0) is 49.2 Å². The third-order valence-electron chi connectivity index (χ3n) is 5.22. The second-order valence-electron chi connectivity index (χ2n) is 7.58. The molecular weight excluding hydrogens is 412 g/mol. The van der Waals surface area contributed by atoms with Crippen LogP contribution >= 0.6 is 0 Å². The molecule has 10 heteroatoms. The minimum absolute atomic E-state index is 0.0174. The number of aryl methyl sites for hydroxylation is 1. The van der Waals surface area contributed by atoms with Crippen molar-refractivity contribution in [1.29, 1.82) is 0 Å². The van der Waals surface area contributed by atoms with Gasteiger partial charge in [0.1, 0.15) is 0 Å². The Balaban J connectivity index is 1.23. The van der Waals surface area contributed by atoms with Crippen molar-refractivity contribution in [2.45, 2.75) is 18.9 Å². The Morgan fingerprint density at radius 2 is 1.69 bits per heavy atom. The van der Waals surface area contributed by atoms with E-state index in [4.69, 9.17) is 4.42 Å². The minimum atomic E-state index is -0.342. The van der Waals surface area contributed by atoms with Gasteiger partial charge in [0.2, 0.25) is 0 Å². The smallest absolute Gasteiger partial charge is 0.321 e. The first-order valence-electron chi connectivity index (χ1n) is 10.3. The molecule has 2 aromatic heterocycles. The number of nitrogens with one attached hydrogen (secondary N) is 3. The molecule has 4 rings (SSSR count). The fourth-order valence-electron chi connectivity index (χ4n) is 3.47. The second kappa shape index (κ2) is 9.38. The van der Waals surface area contributed by atoms with Gasteiger partial charge in [0.05, 0.1) is 18.0 Å². The molecule has 32 heavy (non-hydrogen) atoms. The van der Waals surface area contributed by atoms with Gasteiger partial charge in [-0.1, -0.05) is 0 Å². The maximum absolute atomic E-state index is 12.6. The maximum atomic E-state index is 12.6. The van der Waals surface area contributed by atoms with Crippen molar-refractivity contribution < 1.29 is 18.8 Å². The summed E-state index contributed by atoms with van der Waals surface area (Å²) in [7, 11) is 1.76. The normalized spacial score (nSPS) is 14.1. The van der Waals surface area contributed by atoms with Crippen molar-refractivity contribution in [2.75, 3.05) is 23.7 Å². The van der Waals surface area contributed by atoms with E-state index < -0.39 is 0 Å². The zero-order chi connectivity index (χ0) is 22.5. The van der Waals surface area contributed by atoms with E-state index >= 15 is 0 Å². The van der Waals surface area contributed by atoms with Crippen LogP contribution in [0.1, 0.15) is 33.8 Å². The summed E-state index contributed by atoms with van der Waals surface area (Å²) in [6.07, 6.45) is 6.00. The lowest BCUT2D eigenvalue weighted by Gasteiger charge is -2.32. The highest BCUT2D eigenvalue weighted by Crippen LogP contribution is 2.17. The predicted molar refractivity (Wildman–Crippen MR) is 117 cm³/mol. The summed E-state index contributed by atoms with van der Waals surface area (Å²) in [5, 5.41) is 12.6. The first-order chi connectivity index (χ1) is 15.5. The Morgan fingerprint density at radius 3 is 2.28 bits per heavy atom. The van der Waals surface area contributed by atoms with Crippen LogP contribution in [0.25, 0.3) is 0 Å². The fourth-order valence-corrected chi connectivity index (χ4v) is 3.47. The van der Waals surface area contributed by atoms with Crippen molar-refractivity contribution in [3.8, 4) is 0 Å². The molecule has 4 amide bonds. The van der Waals surface area contributed by atoms with Crippen LogP contribution in [0.4, 0.5) is 16.2 Å². The van der Waals surface area contributed by atoms with Crippen LogP contribution in [0.3, 0.4) is 0 Å². The summed E-state index contributed by atoms with van der Waals surface area (Å²) in [5.74, 6) is -0.270. The third-order valence-corrected chi connectivity index (χ3v) is 5.22. The van der Waals surface area contributed by atoms with Gasteiger partial charge in [-0.2, -0.15) is 5.10 Å². The van der Waals surface area contributed by atoms with Gasteiger partial charge in [-0.3, -0.25) is 14.3 Å². The molecule has 0 unspecified atom stereocenters. The number of benzene rings is 1. The Morgan fingerprint density at radius 1 is 1.00 bits per heavy atom. The standard InChI is InChI=1S/C22H24N6O4/c1-27-14-15(13-23-27)20(29)24-18-8-10-28(11-9-18)22(31)26-17-6-4-16(5-7-17)25-21(30)19-3-2-12-32-19/h2-7,12-14,18H,8-11H2,1H3,(H,24,29)(H,25,30)(H,26,31). The predicted octanol–water partition coefficient (Wildman–Crippen LogP) is 2.69. The van der Waals surface area contributed by atoms with E-state index in [9.17, 15) is 14.4 Å². The van der Waals surface area contributed by atoms with E-state index in [1.54, 1.807) is 59.2 Å². The highest BCUT2D eigenvalue weighted by Gasteiger charge is 2.24. The Bertz CT molecular complexity index is 1080. The van der Waals surface area contributed by atoms with Gasteiger partial charge >= 0.3 is 6.03 Å². The average Bonchev–Trinajstić information content (AvgIpc) is 3.48. The summed E-state index contributed by atoms with van der Waals surface area (Å²) < 4.78 is 6.65. The fraction of sp³-hybridized carbons (Fsp3) is 0.273. The van der Waals surface area contributed by atoms with Gasteiger partial charge in [0.25, 0.3) is 11.8 Å². The molecule has 1 aliphatic heterocycles. The number of urea groups is 1. The van der Waals surface area contributed by atoms with Crippen LogP contribution < -0.4 is 16.0 Å². The van der Waals surface area contributed by atoms with Gasteiger partial charge in [-0.15, -0.1) is 0 Å². The van der Waals surface area contributed by atoms with Crippen LogP contribution in [0.15, 0.2) is 59.5 Å².